The van der Waals surface area contributed by atoms with E-state index in [9.17, 15) is 5.11 Å². The van der Waals surface area contributed by atoms with Gasteiger partial charge in [0.05, 0.1) is 18.5 Å². The first-order valence-corrected chi connectivity index (χ1v) is 9.85. The molecule has 0 aliphatic rings. The topological polar surface area (TPSA) is 151 Å². The van der Waals surface area contributed by atoms with Crippen LogP contribution in [0.5, 0.6) is 5.75 Å². The number of aromatic nitrogens is 5. The van der Waals surface area contributed by atoms with Crippen LogP contribution >= 0.6 is 0 Å². The molecule has 0 saturated heterocycles. The summed E-state index contributed by atoms with van der Waals surface area (Å²) in [5.74, 6) is 1.44. The lowest BCUT2D eigenvalue weighted by molar-refractivity contribution is 0.0753. The molecule has 3 aromatic heterocycles. The van der Waals surface area contributed by atoms with Crippen molar-refractivity contribution in [3.63, 3.8) is 0 Å². The Morgan fingerprint density at radius 3 is 2.62 bits per heavy atom. The number of ether oxygens (including phenoxy) is 1. The van der Waals surface area contributed by atoms with Gasteiger partial charge in [0.15, 0.2) is 23.1 Å². The van der Waals surface area contributed by atoms with E-state index in [-0.39, 0.29) is 11.7 Å². The number of aliphatic hydroxyl groups is 1. The van der Waals surface area contributed by atoms with Gasteiger partial charge in [0.25, 0.3) is 0 Å². The van der Waals surface area contributed by atoms with E-state index in [4.69, 9.17) is 25.8 Å². The molecule has 0 fully saturated rings. The first kappa shape index (κ1) is 21.0. The number of nitrogen functional groups attached to an aromatic ring is 1. The number of rotatable bonds is 9. The molecule has 1 atom stereocenters. The number of hydrogen-bond acceptors (Lipinski definition) is 9. The Hall–Kier alpha value is -2.72. The number of pyridine rings is 1. The minimum atomic E-state index is -1.20. The Labute approximate surface area is 169 Å². The fourth-order valence-electron chi connectivity index (χ4n) is 3.39. The van der Waals surface area contributed by atoms with E-state index in [1.165, 1.54) is 0 Å². The molecule has 5 N–H and O–H groups in total. The first-order chi connectivity index (χ1) is 13.8. The lowest BCUT2D eigenvalue weighted by Gasteiger charge is -2.19. The van der Waals surface area contributed by atoms with Gasteiger partial charge in [0.2, 0.25) is 0 Å². The summed E-state index contributed by atoms with van der Waals surface area (Å²) in [4.78, 5) is 9.14. The highest BCUT2D eigenvalue weighted by Gasteiger charge is 2.29. The molecule has 0 aliphatic heterocycles. The van der Waals surface area contributed by atoms with Crippen LogP contribution in [0.15, 0.2) is 10.8 Å². The second kappa shape index (κ2) is 8.34. The summed E-state index contributed by atoms with van der Waals surface area (Å²) in [7, 11) is 0. The van der Waals surface area contributed by atoms with Gasteiger partial charge in [-0.1, -0.05) is 13.3 Å². The van der Waals surface area contributed by atoms with Gasteiger partial charge in [-0.05, 0) is 44.1 Å². The molecule has 0 aliphatic carbocycles. The van der Waals surface area contributed by atoms with E-state index in [1.54, 1.807) is 20.0 Å². The SMILES string of the molecule is CCCC(CN)COc1cnc(C(C)(C)O)c2nc(-c3nonc3N)n(CC)c12. The van der Waals surface area contributed by atoms with Gasteiger partial charge in [-0.2, -0.15) is 0 Å². The van der Waals surface area contributed by atoms with Crippen molar-refractivity contribution in [2.45, 2.75) is 52.7 Å². The van der Waals surface area contributed by atoms with Gasteiger partial charge in [0.1, 0.15) is 16.6 Å². The van der Waals surface area contributed by atoms with Crippen molar-refractivity contribution in [3.05, 3.63) is 11.9 Å². The maximum Gasteiger partial charge on any atom is 0.199 e. The summed E-state index contributed by atoms with van der Waals surface area (Å²) in [6.07, 6.45) is 3.64. The molecule has 0 spiro atoms. The minimum Gasteiger partial charge on any atom is -0.489 e. The molecular weight excluding hydrogens is 374 g/mol. The van der Waals surface area contributed by atoms with Crippen molar-refractivity contribution in [2.75, 3.05) is 18.9 Å². The monoisotopic (exact) mass is 403 g/mol. The summed E-state index contributed by atoms with van der Waals surface area (Å²) in [5.41, 5.74) is 12.6. The molecule has 0 amide bonds. The predicted molar refractivity (Wildman–Crippen MR) is 109 cm³/mol. The molecule has 10 nitrogen and oxygen atoms in total. The minimum absolute atomic E-state index is 0.140. The number of aryl methyl sites for hydroxylation is 1. The zero-order valence-corrected chi connectivity index (χ0v) is 17.3. The van der Waals surface area contributed by atoms with Crippen molar-refractivity contribution in [3.8, 4) is 17.3 Å². The zero-order valence-electron chi connectivity index (χ0n) is 17.3. The Kier molecular flexibility index (Phi) is 6.04. The van der Waals surface area contributed by atoms with Gasteiger partial charge < -0.3 is 25.9 Å². The second-order valence-electron chi connectivity index (χ2n) is 7.61. The van der Waals surface area contributed by atoms with Crippen LogP contribution in [-0.4, -0.2) is 43.1 Å². The molecule has 0 saturated carbocycles. The standard InChI is InChI=1S/C19H29N7O3/c1-5-7-11(8-20)10-28-12-9-22-16(19(3,4)27)13-15(12)26(6-2)18(23-13)14-17(21)25-29-24-14/h9,11,27H,5-8,10,20H2,1-4H3,(H2,21,25). The van der Waals surface area contributed by atoms with E-state index < -0.39 is 5.60 Å². The van der Waals surface area contributed by atoms with Crippen LogP contribution in [-0.2, 0) is 12.1 Å². The van der Waals surface area contributed by atoms with E-state index in [1.807, 2.05) is 11.5 Å². The van der Waals surface area contributed by atoms with Crippen LogP contribution in [0.2, 0.25) is 0 Å². The molecule has 3 rings (SSSR count). The van der Waals surface area contributed by atoms with E-state index in [2.05, 4.69) is 22.2 Å². The van der Waals surface area contributed by atoms with E-state index in [0.717, 1.165) is 12.8 Å². The molecule has 3 aromatic rings. The Morgan fingerprint density at radius 2 is 2.07 bits per heavy atom. The van der Waals surface area contributed by atoms with Gasteiger partial charge >= 0.3 is 0 Å². The highest BCUT2D eigenvalue weighted by atomic mass is 16.6. The molecular formula is C19H29N7O3. The van der Waals surface area contributed by atoms with Crippen molar-refractivity contribution in [1.29, 1.82) is 0 Å². The molecule has 29 heavy (non-hydrogen) atoms. The van der Waals surface area contributed by atoms with Crippen LogP contribution < -0.4 is 16.2 Å². The van der Waals surface area contributed by atoms with E-state index in [0.29, 0.717) is 53.7 Å². The van der Waals surface area contributed by atoms with E-state index >= 15 is 0 Å². The van der Waals surface area contributed by atoms with Crippen molar-refractivity contribution < 1.29 is 14.5 Å². The summed E-state index contributed by atoms with van der Waals surface area (Å²) in [6.45, 7) is 9.01. The molecule has 158 valence electrons. The molecule has 1 unspecified atom stereocenters. The first-order valence-electron chi connectivity index (χ1n) is 9.85. The van der Waals surface area contributed by atoms with Gasteiger partial charge in [0, 0.05) is 12.5 Å². The highest BCUT2D eigenvalue weighted by Crippen LogP contribution is 2.36. The number of anilines is 1. The Balaban J connectivity index is 2.18. The quantitative estimate of drug-likeness (QED) is 0.487. The summed E-state index contributed by atoms with van der Waals surface area (Å²) in [5, 5.41) is 18.2. The molecule has 10 heteroatoms. The third-order valence-electron chi connectivity index (χ3n) is 4.86. The number of hydrogen-bond donors (Lipinski definition) is 3. The lowest BCUT2D eigenvalue weighted by atomic mass is 10.0. The van der Waals surface area contributed by atoms with Crippen molar-refractivity contribution in [2.24, 2.45) is 11.7 Å². The third-order valence-corrected chi connectivity index (χ3v) is 4.86. The smallest absolute Gasteiger partial charge is 0.199 e. The Bertz CT molecular complexity index is 974. The highest BCUT2D eigenvalue weighted by molar-refractivity contribution is 5.88. The van der Waals surface area contributed by atoms with Crippen LogP contribution in [0.25, 0.3) is 22.6 Å². The number of nitrogens with zero attached hydrogens (tertiary/aromatic N) is 5. The van der Waals surface area contributed by atoms with Crippen LogP contribution in [0.1, 0.15) is 46.2 Å². The fraction of sp³-hybridized carbons (Fsp3) is 0.579. The van der Waals surface area contributed by atoms with Gasteiger partial charge in [-0.15, -0.1) is 0 Å². The van der Waals surface area contributed by atoms with Gasteiger partial charge in [-0.3, -0.25) is 4.98 Å². The maximum atomic E-state index is 10.6. The van der Waals surface area contributed by atoms with Crippen molar-refractivity contribution >= 4 is 16.9 Å². The normalized spacial score (nSPS) is 13.2. The average molecular weight is 403 g/mol. The molecule has 0 radical (unpaired) electrons. The molecule has 3 heterocycles. The van der Waals surface area contributed by atoms with Crippen molar-refractivity contribution in [1.82, 2.24) is 24.8 Å². The largest absolute Gasteiger partial charge is 0.489 e. The summed E-state index contributed by atoms with van der Waals surface area (Å²) < 4.78 is 12.8. The maximum absolute atomic E-state index is 10.6. The summed E-state index contributed by atoms with van der Waals surface area (Å²) >= 11 is 0. The number of fused-ring (bicyclic) bond motifs is 1. The van der Waals surface area contributed by atoms with Crippen LogP contribution in [0.4, 0.5) is 5.82 Å². The molecule has 0 aromatic carbocycles. The third kappa shape index (κ3) is 4.03. The summed E-state index contributed by atoms with van der Waals surface area (Å²) in [6, 6.07) is 0. The lowest BCUT2D eigenvalue weighted by Crippen LogP contribution is -2.22. The molecule has 0 bridgehead atoms. The zero-order chi connectivity index (χ0) is 21.2. The van der Waals surface area contributed by atoms with Gasteiger partial charge in [-0.25, -0.2) is 9.61 Å². The Morgan fingerprint density at radius 1 is 1.31 bits per heavy atom. The van der Waals surface area contributed by atoms with Crippen LogP contribution in [0.3, 0.4) is 0 Å². The number of imidazole rings is 1. The predicted octanol–water partition coefficient (Wildman–Crippen LogP) is 2.06. The second-order valence-corrected chi connectivity index (χ2v) is 7.61. The average Bonchev–Trinajstić information content (AvgIpc) is 3.26. The van der Waals surface area contributed by atoms with Crippen LogP contribution in [0, 0.1) is 5.92 Å². The fourth-order valence-corrected chi connectivity index (χ4v) is 3.39. The number of nitrogens with two attached hydrogens (primary N) is 2.